The first-order valence-electron chi connectivity index (χ1n) is 8.52. The molecule has 0 fully saturated rings. The van der Waals surface area contributed by atoms with Crippen molar-refractivity contribution in [3.8, 4) is 5.75 Å². The normalized spacial score (nSPS) is 14.1. The number of rotatable bonds is 7. The van der Waals surface area contributed by atoms with E-state index in [0.717, 1.165) is 13.0 Å². The van der Waals surface area contributed by atoms with E-state index in [1.54, 1.807) is 24.1 Å². The van der Waals surface area contributed by atoms with Crippen LogP contribution in [0, 0.1) is 5.92 Å². The van der Waals surface area contributed by atoms with Crippen LogP contribution in [-0.4, -0.2) is 47.9 Å². The predicted octanol–water partition coefficient (Wildman–Crippen LogP) is 3.42. The third-order valence-electron chi connectivity index (χ3n) is 3.58. The Kier molecular flexibility index (Phi) is 7.55. The minimum absolute atomic E-state index is 0.286. The molecule has 2 unspecified atom stereocenters. The van der Waals surface area contributed by atoms with Gasteiger partial charge in [0.25, 0.3) is 0 Å². The van der Waals surface area contributed by atoms with Gasteiger partial charge in [-0.25, -0.2) is 4.79 Å². The van der Waals surface area contributed by atoms with Gasteiger partial charge in [-0.15, -0.1) is 0 Å². The van der Waals surface area contributed by atoms with Gasteiger partial charge in [-0.2, -0.15) is 0 Å². The van der Waals surface area contributed by atoms with Crippen LogP contribution in [0.3, 0.4) is 0 Å². The molecule has 2 N–H and O–H groups in total. The van der Waals surface area contributed by atoms with Crippen molar-refractivity contribution in [3.63, 3.8) is 0 Å². The van der Waals surface area contributed by atoms with Gasteiger partial charge in [0.05, 0.1) is 0 Å². The van der Waals surface area contributed by atoms with E-state index >= 15 is 0 Å². The average molecular weight is 336 g/mol. The fourth-order valence-electron chi connectivity index (χ4n) is 2.41. The summed E-state index contributed by atoms with van der Waals surface area (Å²) in [7, 11) is 1.77. The molecule has 0 aliphatic rings. The van der Waals surface area contributed by atoms with Crippen LogP contribution in [0.2, 0.25) is 0 Å². The maximum atomic E-state index is 12.0. The van der Waals surface area contributed by atoms with Gasteiger partial charge in [0.15, 0.2) is 0 Å². The zero-order valence-electron chi connectivity index (χ0n) is 15.8. The highest BCUT2D eigenvalue weighted by Crippen LogP contribution is 2.12. The minimum Gasteiger partial charge on any atom is -0.508 e. The van der Waals surface area contributed by atoms with E-state index < -0.39 is 5.60 Å². The third kappa shape index (κ3) is 8.20. The summed E-state index contributed by atoms with van der Waals surface area (Å²) in [6.07, 6.45) is 0.612. The zero-order chi connectivity index (χ0) is 18.3. The van der Waals surface area contributed by atoms with Crippen molar-refractivity contribution in [2.45, 2.75) is 52.7 Å². The number of phenols is 1. The van der Waals surface area contributed by atoms with Crippen molar-refractivity contribution >= 4 is 6.09 Å². The molecule has 0 heterocycles. The van der Waals surface area contributed by atoms with Gasteiger partial charge in [0, 0.05) is 19.6 Å². The number of hydrogen-bond donors (Lipinski definition) is 2. The smallest absolute Gasteiger partial charge is 0.410 e. The highest BCUT2D eigenvalue weighted by atomic mass is 16.6. The van der Waals surface area contributed by atoms with Crippen molar-refractivity contribution in [1.82, 2.24) is 10.2 Å². The number of phenolic OH excluding ortho intramolecular Hbond substituents is 1. The van der Waals surface area contributed by atoms with Crippen molar-refractivity contribution in [2.75, 3.05) is 20.1 Å². The average Bonchev–Trinajstić information content (AvgIpc) is 2.46. The van der Waals surface area contributed by atoms with Gasteiger partial charge in [0.2, 0.25) is 0 Å². The van der Waals surface area contributed by atoms with Crippen LogP contribution in [0.15, 0.2) is 24.3 Å². The summed E-state index contributed by atoms with van der Waals surface area (Å²) in [6, 6.07) is 7.62. The molecule has 2 atom stereocenters. The highest BCUT2D eigenvalue weighted by molar-refractivity contribution is 5.67. The van der Waals surface area contributed by atoms with E-state index in [9.17, 15) is 9.90 Å². The first kappa shape index (κ1) is 20.3. The molecule has 1 amide bonds. The number of benzene rings is 1. The van der Waals surface area contributed by atoms with E-state index in [2.05, 4.69) is 19.2 Å². The molecule has 0 radical (unpaired) electrons. The number of carbonyl (C=O) groups excluding carboxylic acids is 1. The molecular weight excluding hydrogens is 304 g/mol. The second-order valence-electron chi connectivity index (χ2n) is 7.65. The van der Waals surface area contributed by atoms with E-state index in [4.69, 9.17) is 4.74 Å². The Morgan fingerprint density at radius 2 is 1.83 bits per heavy atom. The van der Waals surface area contributed by atoms with Crippen LogP contribution in [0.5, 0.6) is 5.75 Å². The standard InChI is InChI=1S/C19H32N2O3/c1-14(13-21(6)18(23)24-19(3,4)5)12-20-15(2)11-16-7-9-17(22)10-8-16/h7-10,14-15,20,22H,11-13H2,1-6H3. The van der Waals surface area contributed by atoms with Gasteiger partial charge in [-0.05, 0) is 64.3 Å². The van der Waals surface area contributed by atoms with Gasteiger partial charge in [0.1, 0.15) is 11.4 Å². The highest BCUT2D eigenvalue weighted by Gasteiger charge is 2.20. The van der Waals surface area contributed by atoms with E-state index in [-0.39, 0.29) is 11.8 Å². The molecule has 24 heavy (non-hydrogen) atoms. The lowest BCUT2D eigenvalue weighted by molar-refractivity contribution is 0.0276. The maximum absolute atomic E-state index is 12.0. The Morgan fingerprint density at radius 3 is 2.38 bits per heavy atom. The largest absolute Gasteiger partial charge is 0.508 e. The molecule has 0 aliphatic heterocycles. The van der Waals surface area contributed by atoms with Crippen molar-refractivity contribution < 1.29 is 14.6 Å². The molecular formula is C19H32N2O3. The van der Waals surface area contributed by atoms with Gasteiger partial charge < -0.3 is 20.1 Å². The van der Waals surface area contributed by atoms with Crippen molar-refractivity contribution in [3.05, 3.63) is 29.8 Å². The van der Waals surface area contributed by atoms with E-state index in [1.807, 2.05) is 32.9 Å². The lowest BCUT2D eigenvalue weighted by atomic mass is 10.1. The fourth-order valence-corrected chi connectivity index (χ4v) is 2.41. The van der Waals surface area contributed by atoms with Gasteiger partial charge in [-0.3, -0.25) is 0 Å². The second kappa shape index (κ2) is 8.92. The summed E-state index contributed by atoms with van der Waals surface area (Å²) in [5.41, 5.74) is 0.720. The summed E-state index contributed by atoms with van der Waals surface area (Å²) >= 11 is 0. The summed E-state index contributed by atoms with van der Waals surface area (Å²) in [6.45, 7) is 11.3. The fraction of sp³-hybridized carbons (Fsp3) is 0.632. The molecule has 1 aromatic rings. The van der Waals surface area contributed by atoms with Crippen LogP contribution in [-0.2, 0) is 11.2 Å². The Labute approximate surface area is 146 Å². The number of nitrogens with zero attached hydrogens (tertiary/aromatic N) is 1. The molecule has 0 bridgehead atoms. The monoisotopic (exact) mass is 336 g/mol. The van der Waals surface area contributed by atoms with Gasteiger partial charge in [-0.1, -0.05) is 19.1 Å². The molecule has 136 valence electrons. The number of hydrogen-bond acceptors (Lipinski definition) is 4. The third-order valence-corrected chi connectivity index (χ3v) is 3.58. The molecule has 0 aliphatic carbocycles. The minimum atomic E-state index is -0.467. The molecule has 0 aromatic heterocycles. The van der Waals surface area contributed by atoms with Crippen molar-refractivity contribution in [2.24, 2.45) is 5.92 Å². The van der Waals surface area contributed by atoms with Gasteiger partial charge >= 0.3 is 6.09 Å². The summed E-state index contributed by atoms with van der Waals surface area (Å²) in [4.78, 5) is 13.6. The van der Waals surface area contributed by atoms with Crippen LogP contribution in [0.25, 0.3) is 0 Å². The van der Waals surface area contributed by atoms with E-state index in [0.29, 0.717) is 18.5 Å². The lowest BCUT2D eigenvalue weighted by Crippen LogP contribution is -2.40. The molecule has 0 saturated heterocycles. The first-order chi connectivity index (χ1) is 11.1. The van der Waals surface area contributed by atoms with E-state index in [1.165, 1.54) is 5.56 Å². The number of amides is 1. The zero-order valence-corrected chi connectivity index (χ0v) is 15.8. The summed E-state index contributed by atoms with van der Waals surface area (Å²) in [5.74, 6) is 0.614. The topological polar surface area (TPSA) is 61.8 Å². The first-order valence-corrected chi connectivity index (χ1v) is 8.52. The molecule has 0 spiro atoms. The summed E-state index contributed by atoms with van der Waals surface area (Å²) < 4.78 is 5.36. The SMILES string of the molecule is CC(CNC(C)Cc1ccc(O)cc1)CN(C)C(=O)OC(C)(C)C. The number of nitrogens with one attached hydrogen (secondary N) is 1. The van der Waals surface area contributed by atoms with Crippen LogP contribution in [0.1, 0.15) is 40.2 Å². The number of ether oxygens (including phenoxy) is 1. The quantitative estimate of drug-likeness (QED) is 0.801. The molecule has 5 heteroatoms. The molecule has 5 nitrogen and oxygen atoms in total. The Morgan fingerprint density at radius 1 is 1.25 bits per heavy atom. The number of carbonyl (C=O) groups is 1. The lowest BCUT2D eigenvalue weighted by Gasteiger charge is -2.27. The molecule has 1 rings (SSSR count). The number of aromatic hydroxyl groups is 1. The Hall–Kier alpha value is -1.75. The Balaban J connectivity index is 2.33. The van der Waals surface area contributed by atoms with Crippen molar-refractivity contribution in [1.29, 1.82) is 0 Å². The van der Waals surface area contributed by atoms with Crippen LogP contribution < -0.4 is 5.32 Å². The maximum Gasteiger partial charge on any atom is 0.410 e. The Bertz CT molecular complexity index is 508. The van der Waals surface area contributed by atoms with Crippen LogP contribution >= 0.6 is 0 Å². The molecule has 0 saturated carbocycles. The van der Waals surface area contributed by atoms with Crippen LogP contribution in [0.4, 0.5) is 4.79 Å². The molecule has 1 aromatic carbocycles. The second-order valence-corrected chi connectivity index (χ2v) is 7.65. The predicted molar refractivity (Wildman–Crippen MR) is 97.3 cm³/mol. The summed E-state index contributed by atoms with van der Waals surface area (Å²) in [5, 5.41) is 12.8.